The molecule has 4 aliphatic carbocycles. The molecule has 4 aliphatic rings. The molecule has 0 spiro atoms. The first-order valence-corrected chi connectivity index (χ1v) is 9.83. The third kappa shape index (κ3) is 2.14. The van der Waals surface area contributed by atoms with Crippen molar-refractivity contribution in [3.63, 3.8) is 0 Å². The van der Waals surface area contributed by atoms with Crippen LogP contribution in [0.5, 0.6) is 0 Å². The molecule has 0 aliphatic heterocycles. The zero-order valence-electron chi connectivity index (χ0n) is 14.8. The van der Waals surface area contributed by atoms with Gasteiger partial charge in [0.1, 0.15) is 0 Å². The van der Waals surface area contributed by atoms with Crippen LogP contribution in [0.25, 0.3) is 0 Å². The van der Waals surface area contributed by atoms with Crippen LogP contribution < -0.4 is 0 Å². The minimum Gasteiger partial charge on any atom is -0.390 e. The van der Waals surface area contributed by atoms with E-state index in [-0.39, 0.29) is 5.60 Å². The molecule has 0 saturated heterocycles. The summed E-state index contributed by atoms with van der Waals surface area (Å²) in [5.74, 6) is 4.67. The lowest BCUT2D eigenvalue weighted by Gasteiger charge is -2.56. The van der Waals surface area contributed by atoms with Crippen molar-refractivity contribution in [2.75, 3.05) is 0 Å². The van der Waals surface area contributed by atoms with Crippen molar-refractivity contribution in [3.05, 3.63) is 11.6 Å². The zero-order valence-corrected chi connectivity index (χ0v) is 14.8. The Labute approximate surface area is 136 Å². The Morgan fingerprint density at radius 1 is 0.955 bits per heavy atom. The maximum Gasteiger partial charge on any atom is 0.0622 e. The van der Waals surface area contributed by atoms with E-state index in [9.17, 15) is 5.11 Å². The van der Waals surface area contributed by atoms with Gasteiger partial charge in [-0.15, -0.1) is 0 Å². The minimum absolute atomic E-state index is 0.372. The highest BCUT2D eigenvalue weighted by molar-refractivity contribution is 5.23. The Morgan fingerprint density at radius 2 is 1.73 bits per heavy atom. The Bertz CT molecular complexity index is 476. The van der Waals surface area contributed by atoms with Crippen LogP contribution in [0, 0.1) is 35.0 Å². The van der Waals surface area contributed by atoms with Crippen molar-refractivity contribution in [1.29, 1.82) is 0 Å². The van der Waals surface area contributed by atoms with E-state index < -0.39 is 0 Å². The average Bonchev–Trinajstić information content (AvgIpc) is 2.82. The Kier molecular flexibility index (Phi) is 3.53. The lowest BCUT2D eigenvalue weighted by atomic mass is 9.49. The molecule has 0 radical (unpaired) electrons. The van der Waals surface area contributed by atoms with Crippen LogP contribution in [0.1, 0.15) is 78.6 Å². The minimum atomic E-state index is -0.372. The summed E-state index contributed by atoms with van der Waals surface area (Å²) >= 11 is 0. The lowest BCUT2D eigenvalue weighted by molar-refractivity contribution is -0.0899. The molecule has 0 aromatic carbocycles. The predicted octanol–water partition coefficient (Wildman–Crippen LogP) is 5.34. The molecular formula is C21H34O. The van der Waals surface area contributed by atoms with Crippen LogP contribution in [-0.2, 0) is 0 Å². The third-order valence-electron chi connectivity index (χ3n) is 8.43. The lowest BCUT2D eigenvalue weighted by Crippen LogP contribution is -2.49. The van der Waals surface area contributed by atoms with Crippen LogP contribution >= 0.6 is 0 Å². The average molecular weight is 303 g/mol. The zero-order chi connectivity index (χ0) is 15.5. The summed E-state index contributed by atoms with van der Waals surface area (Å²) in [5.41, 5.74) is 1.93. The van der Waals surface area contributed by atoms with Crippen molar-refractivity contribution < 1.29 is 5.11 Å². The summed E-state index contributed by atoms with van der Waals surface area (Å²) in [7, 11) is 0. The van der Waals surface area contributed by atoms with Gasteiger partial charge >= 0.3 is 0 Å². The van der Waals surface area contributed by atoms with Crippen molar-refractivity contribution in [3.8, 4) is 0 Å². The highest BCUT2D eigenvalue weighted by atomic mass is 16.3. The normalized spacial score (nSPS) is 56.4. The van der Waals surface area contributed by atoms with E-state index in [0.717, 1.165) is 42.4 Å². The van der Waals surface area contributed by atoms with Gasteiger partial charge in [0, 0.05) is 0 Å². The number of hydrogen-bond acceptors (Lipinski definition) is 1. The van der Waals surface area contributed by atoms with Gasteiger partial charge in [-0.05, 0) is 107 Å². The number of aliphatic hydroxyl groups is 1. The smallest absolute Gasteiger partial charge is 0.0622 e. The maximum absolute atomic E-state index is 10.5. The van der Waals surface area contributed by atoms with E-state index in [1.54, 1.807) is 5.57 Å². The van der Waals surface area contributed by atoms with E-state index in [1.165, 1.54) is 44.9 Å². The summed E-state index contributed by atoms with van der Waals surface area (Å²) in [5, 5.41) is 10.5. The Balaban J connectivity index is 1.57. The van der Waals surface area contributed by atoms with Gasteiger partial charge in [-0.25, -0.2) is 0 Å². The van der Waals surface area contributed by atoms with Gasteiger partial charge in [-0.3, -0.25) is 0 Å². The molecule has 22 heavy (non-hydrogen) atoms. The van der Waals surface area contributed by atoms with E-state index in [2.05, 4.69) is 26.8 Å². The van der Waals surface area contributed by atoms with Gasteiger partial charge in [0.2, 0.25) is 0 Å². The molecule has 4 rings (SSSR count). The van der Waals surface area contributed by atoms with Crippen LogP contribution in [0.2, 0.25) is 0 Å². The molecule has 1 N–H and O–H groups in total. The van der Waals surface area contributed by atoms with E-state index >= 15 is 0 Å². The number of hydrogen-bond donors (Lipinski definition) is 1. The van der Waals surface area contributed by atoms with E-state index in [0.29, 0.717) is 5.41 Å². The Morgan fingerprint density at radius 3 is 2.50 bits per heavy atom. The van der Waals surface area contributed by atoms with Crippen molar-refractivity contribution in [2.45, 2.75) is 84.2 Å². The molecule has 0 aromatic heterocycles. The van der Waals surface area contributed by atoms with Gasteiger partial charge in [-0.1, -0.05) is 18.6 Å². The van der Waals surface area contributed by atoms with E-state index in [4.69, 9.17) is 0 Å². The van der Waals surface area contributed by atoms with Crippen molar-refractivity contribution >= 4 is 0 Å². The van der Waals surface area contributed by atoms with Gasteiger partial charge in [-0.2, -0.15) is 0 Å². The van der Waals surface area contributed by atoms with Crippen LogP contribution in [-0.4, -0.2) is 10.7 Å². The summed E-state index contributed by atoms with van der Waals surface area (Å²) in [6.45, 7) is 6.91. The summed E-state index contributed by atoms with van der Waals surface area (Å²) in [4.78, 5) is 0. The molecule has 124 valence electrons. The number of allylic oxidation sites excluding steroid dienone is 2. The van der Waals surface area contributed by atoms with Crippen molar-refractivity contribution in [1.82, 2.24) is 0 Å². The van der Waals surface area contributed by atoms with Crippen LogP contribution in [0.4, 0.5) is 0 Å². The van der Waals surface area contributed by atoms with Crippen LogP contribution in [0.3, 0.4) is 0 Å². The maximum atomic E-state index is 10.5. The number of fused-ring (bicyclic) bond motifs is 5. The summed E-state index contributed by atoms with van der Waals surface area (Å²) in [6.07, 6.45) is 14.4. The van der Waals surface area contributed by atoms with Gasteiger partial charge < -0.3 is 5.11 Å². The molecule has 4 saturated carbocycles. The SMILES string of the molecule is C/C=C1\CC[C@H]2[C@@H]3CC[C@@H]4C[C@](C)(O)CC[C@@H]4[C@H]3CC[C@]12C. The molecule has 0 unspecified atom stereocenters. The second-order valence-corrected chi connectivity index (χ2v) is 9.48. The molecule has 0 aromatic rings. The van der Waals surface area contributed by atoms with Gasteiger partial charge in [0.15, 0.2) is 0 Å². The quantitative estimate of drug-likeness (QED) is 0.599. The highest BCUT2D eigenvalue weighted by Gasteiger charge is 2.55. The molecular weight excluding hydrogens is 268 g/mol. The third-order valence-corrected chi connectivity index (χ3v) is 8.43. The first-order valence-electron chi connectivity index (χ1n) is 9.83. The van der Waals surface area contributed by atoms with Crippen molar-refractivity contribution in [2.24, 2.45) is 35.0 Å². The topological polar surface area (TPSA) is 20.2 Å². The highest BCUT2D eigenvalue weighted by Crippen LogP contribution is 2.64. The molecule has 0 bridgehead atoms. The van der Waals surface area contributed by atoms with E-state index in [1.807, 2.05) is 0 Å². The first-order chi connectivity index (χ1) is 10.4. The fourth-order valence-electron chi connectivity index (χ4n) is 7.40. The fourth-order valence-corrected chi connectivity index (χ4v) is 7.40. The first kappa shape index (κ1) is 15.2. The summed E-state index contributed by atoms with van der Waals surface area (Å²) in [6, 6.07) is 0. The van der Waals surface area contributed by atoms with Gasteiger partial charge in [0.05, 0.1) is 5.60 Å². The molecule has 1 heteroatoms. The molecule has 0 heterocycles. The second kappa shape index (κ2) is 5.10. The second-order valence-electron chi connectivity index (χ2n) is 9.48. The molecule has 7 atom stereocenters. The molecule has 4 fully saturated rings. The monoisotopic (exact) mass is 302 g/mol. The van der Waals surface area contributed by atoms with Crippen LogP contribution in [0.15, 0.2) is 11.6 Å². The largest absolute Gasteiger partial charge is 0.390 e. The van der Waals surface area contributed by atoms with Gasteiger partial charge in [0.25, 0.3) is 0 Å². The predicted molar refractivity (Wildman–Crippen MR) is 91.5 cm³/mol. The molecule has 0 amide bonds. The summed E-state index contributed by atoms with van der Waals surface area (Å²) < 4.78 is 0. The number of rotatable bonds is 0. The standard InChI is InChI=1S/C21H34O/c1-4-15-6-8-19-18-7-5-14-13-20(2,22)11-9-16(14)17(18)10-12-21(15,19)3/h4,14,16-19,22H,5-13H2,1-3H3/b15-4+/t14-,16+,17-,18-,19+,20-,21-/m1/s1. The fraction of sp³-hybridized carbons (Fsp3) is 0.905. The molecule has 1 nitrogen and oxygen atoms in total. The Hall–Kier alpha value is -0.300.